The molecule has 0 aliphatic heterocycles. The molecule has 1 rings (SSSR count). The summed E-state index contributed by atoms with van der Waals surface area (Å²) in [6, 6.07) is 4.27. The standard InChI is InChI=1S/C15H26N4O3S/c1-5-19(6-2)10-9-17-15(20)18-14-11-13(8-7-12(14)3)23(21,22)16-4/h7-8,11,16H,5-6,9-10H2,1-4H3,(H2,17,18,20). The zero-order valence-corrected chi connectivity index (χ0v) is 15.0. The van der Waals surface area contributed by atoms with E-state index in [9.17, 15) is 13.2 Å². The number of carbonyl (C=O) groups excluding carboxylic acids is 1. The molecule has 7 nitrogen and oxygen atoms in total. The molecular weight excluding hydrogens is 316 g/mol. The summed E-state index contributed by atoms with van der Waals surface area (Å²) in [5.41, 5.74) is 1.26. The van der Waals surface area contributed by atoms with E-state index in [0.29, 0.717) is 12.2 Å². The van der Waals surface area contributed by atoms with Gasteiger partial charge in [0.2, 0.25) is 10.0 Å². The molecule has 0 atom stereocenters. The van der Waals surface area contributed by atoms with Gasteiger partial charge in [-0.3, -0.25) is 0 Å². The molecule has 0 unspecified atom stereocenters. The molecule has 1 aromatic rings. The molecule has 130 valence electrons. The normalized spacial score (nSPS) is 11.5. The number of aryl methyl sites for hydroxylation is 1. The Hall–Kier alpha value is -1.64. The van der Waals surface area contributed by atoms with Gasteiger partial charge in [-0.15, -0.1) is 0 Å². The fourth-order valence-electron chi connectivity index (χ4n) is 2.05. The van der Waals surface area contributed by atoms with Gasteiger partial charge in [0.1, 0.15) is 0 Å². The molecule has 0 heterocycles. The first kappa shape index (κ1) is 19.4. The van der Waals surface area contributed by atoms with Crippen LogP contribution in [0.25, 0.3) is 0 Å². The van der Waals surface area contributed by atoms with E-state index in [0.717, 1.165) is 25.2 Å². The number of hydrogen-bond acceptors (Lipinski definition) is 4. The monoisotopic (exact) mass is 342 g/mol. The number of amides is 2. The van der Waals surface area contributed by atoms with Crippen LogP contribution in [0.1, 0.15) is 19.4 Å². The van der Waals surface area contributed by atoms with E-state index >= 15 is 0 Å². The highest BCUT2D eigenvalue weighted by Crippen LogP contribution is 2.19. The van der Waals surface area contributed by atoms with Crippen molar-refractivity contribution in [1.82, 2.24) is 14.9 Å². The highest BCUT2D eigenvalue weighted by molar-refractivity contribution is 7.89. The number of sulfonamides is 1. The van der Waals surface area contributed by atoms with Crippen molar-refractivity contribution >= 4 is 21.7 Å². The van der Waals surface area contributed by atoms with Crippen LogP contribution >= 0.6 is 0 Å². The summed E-state index contributed by atoms with van der Waals surface area (Å²) in [5.74, 6) is 0. The lowest BCUT2D eigenvalue weighted by atomic mass is 10.2. The summed E-state index contributed by atoms with van der Waals surface area (Å²) in [4.78, 5) is 14.3. The van der Waals surface area contributed by atoms with Gasteiger partial charge in [0, 0.05) is 18.8 Å². The molecule has 0 bridgehead atoms. The number of nitrogens with one attached hydrogen (secondary N) is 3. The quantitative estimate of drug-likeness (QED) is 0.665. The lowest BCUT2D eigenvalue weighted by molar-refractivity contribution is 0.247. The van der Waals surface area contributed by atoms with Crippen LogP contribution in [0.5, 0.6) is 0 Å². The topological polar surface area (TPSA) is 90.5 Å². The zero-order valence-electron chi connectivity index (χ0n) is 14.1. The van der Waals surface area contributed by atoms with Gasteiger partial charge in [-0.05, 0) is 44.8 Å². The minimum atomic E-state index is -3.54. The van der Waals surface area contributed by atoms with Crippen LogP contribution in [-0.4, -0.2) is 52.6 Å². The van der Waals surface area contributed by atoms with E-state index < -0.39 is 10.0 Å². The molecule has 0 aliphatic carbocycles. The minimum Gasteiger partial charge on any atom is -0.337 e. The first-order valence-electron chi connectivity index (χ1n) is 7.65. The average Bonchev–Trinajstić information content (AvgIpc) is 2.53. The first-order valence-corrected chi connectivity index (χ1v) is 9.13. The minimum absolute atomic E-state index is 0.115. The molecule has 0 aliphatic rings. The predicted octanol–water partition coefficient (Wildman–Crippen LogP) is 1.37. The second kappa shape index (κ2) is 8.85. The third-order valence-corrected chi connectivity index (χ3v) is 5.06. The van der Waals surface area contributed by atoms with Crippen molar-refractivity contribution in [3.63, 3.8) is 0 Å². The number of benzene rings is 1. The molecule has 0 aromatic heterocycles. The summed E-state index contributed by atoms with van der Waals surface area (Å²) < 4.78 is 25.9. The number of nitrogens with zero attached hydrogens (tertiary/aromatic N) is 1. The average molecular weight is 342 g/mol. The van der Waals surface area contributed by atoms with Gasteiger partial charge in [-0.25, -0.2) is 17.9 Å². The highest BCUT2D eigenvalue weighted by Gasteiger charge is 2.14. The van der Waals surface area contributed by atoms with Gasteiger partial charge in [0.15, 0.2) is 0 Å². The van der Waals surface area contributed by atoms with Crippen molar-refractivity contribution in [2.75, 3.05) is 38.5 Å². The number of likely N-dealkylation sites (N-methyl/N-ethyl adjacent to an activating group) is 1. The zero-order chi connectivity index (χ0) is 17.5. The van der Waals surface area contributed by atoms with Gasteiger partial charge in [0.25, 0.3) is 0 Å². The maximum atomic E-state index is 11.9. The number of anilines is 1. The van der Waals surface area contributed by atoms with E-state index in [1.165, 1.54) is 19.2 Å². The number of hydrogen-bond donors (Lipinski definition) is 3. The summed E-state index contributed by atoms with van der Waals surface area (Å²) in [7, 11) is -2.19. The summed E-state index contributed by atoms with van der Waals surface area (Å²) >= 11 is 0. The van der Waals surface area contributed by atoms with Crippen molar-refractivity contribution in [2.45, 2.75) is 25.7 Å². The maximum Gasteiger partial charge on any atom is 0.319 e. The predicted molar refractivity (Wildman–Crippen MR) is 92.2 cm³/mol. The van der Waals surface area contributed by atoms with Gasteiger partial charge < -0.3 is 15.5 Å². The second-order valence-corrected chi connectivity index (χ2v) is 6.98. The van der Waals surface area contributed by atoms with Gasteiger partial charge in [-0.1, -0.05) is 19.9 Å². The summed E-state index contributed by atoms with van der Waals surface area (Å²) in [6.07, 6.45) is 0. The van der Waals surface area contributed by atoms with E-state index in [1.807, 2.05) is 0 Å². The lowest BCUT2D eigenvalue weighted by Crippen LogP contribution is -2.37. The molecule has 23 heavy (non-hydrogen) atoms. The van der Waals surface area contributed by atoms with Crippen LogP contribution in [0.3, 0.4) is 0 Å². The Bertz CT molecular complexity index is 628. The lowest BCUT2D eigenvalue weighted by Gasteiger charge is -2.18. The largest absolute Gasteiger partial charge is 0.337 e. The molecule has 2 amide bonds. The maximum absolute atomic E-state index is 11.9. The molecule has 0 saturated carbocycles. The second-order valence-electron chi connectivity index (χ2n) is 5.09. The smallest absolute Gasteiger partial charge is 0.319 e. The van der Waals surface area contributed by atoms with Crippen LogP contribution in [-0.2, 0) is 10.0 Å². The number of rotatable bonds is 8. The Balaban J connectivity index is 2.69. The Labute approximate surface area is 138 Å². The van der Waals surface area contributed by atoms with Gasteiger partial charge in [-0.2, -0.15) is 0 Å². The number of carbonyl (C=O) groups is 1. The summed E-state index contributed by atoms with van der Waals surface area (Å²) in [6.45, 7) is 9.11. The number of urea groups is 1. The van der Waals surface area contributed by atoms with Crippen LogP contribution in [0, 0.1) is 6.92 Å². The Morgan fingerprint density at radius 2 is 1.87 bits per heavy atom. The fourth-order valence-corrected chi connectivity index (χ4v) is 2.81. The van der Waals surface area contributed by atoms with Crippen molar-refractivity contribution < 1.29 is 13.2 Å². The molecule has 0 fully saturated rings. The third kappa shape index (κ3) is 5.81. The Morgan fingerprint density at radius 1 is 1.22 bits per heavy atom. The van der Waals surface area contributed by atoms with E-state index in [2.05, 4.69) is 34.1 Å². The summed E-state index contributed by atoms with van der Waals surface area (Å²) in [5, 5.41) is 5.47. The Morgan fingerprint density at radius 3 is 2.43 bits per heavy atom. The van der Waals surface area contributed by atoms with Crippen LogP contribution in [0.2, 0.25) is 0 Å². The van der Waals surface area contributed by atoms with E-state index in [4.69, 9.17) is 0 Å². The van der Waals surface area contributed by atoms with Crippen molar-refractivity contribution in [2.24, 2.45) is 0 Å². The van der Waals surface area contributed by atoms with Gasteiger partial charge in [0.05, 0.1) is 4.90 Å². The van der Waals surface area contributed by atoms with Crippen molar-refractivity contribution in [3.05, 3.63) is 23.8 Å². The van der Waals surface area contributed by atoms with Crippen LogP contribution < -0.4 is 15.4 Å². The van der Waals surface area contributed by atoms with Crippen molar-refractivity contribution in [1.29, 1.82) is 0 Å². The first-order chi connectivity index (χ1) is 10.8. The van der Waals surface area contributed by atoms with Gasteiger partial charge >= 0.3 is 6.03 Å². The SMILES string of the molecule is CCN(CC)CCNC(=O)Nc1cc(S(=O)(=O)NC)ccc1C. The molecule has 1 aromatic carbocycles. The Kier molecular flexibility index (Phi) is 7.47. The fraction of sp³-hybridized carbons (Fsp3) is 0.533. The molecule has 8 heteroatoms. The third-order valence-electron chi connectivity index (χ3n) is 3.64. The molecule has 0 saturated heterocycles. The van der Waals surface area contributed by atoms with E-state index in [-0.39, 0.29) is 10.9 Å². The molecule has 3 N–H and O–H groups in total. The molecule has 0 spiro atoms. The van der Waals surface area contributed by atoms with Crippen LogP contribution in [0.15, 0.2) is 23.1 Å². The molecule has 0 radical (unpaired) electrons. The highest BCUT2D eigenvalue weighted by atomic mass is 32.2. The van der Waals surface area contributed by atoms with Crippen LogP contribution in [0.4, 0.5) is 10.5 Å². The molecular formula is C15H26N4O3S. The van der Waals surface area contributed by atoms with Crippen molar-refractivity contribution in [3.8, 4) is 0 Å². The van der Waals surface area contributed by atoms with E-state index in [1.54, 1.807) is 13.0 Å².